The first-order valence-corrected chi connectivity index (χ1v) is 12.9. The first-order chi connectivity index (χ1) is 19.3. The van der Waals surface area contributed by atoms with Gasteiger partial charge in [-0.05, 0) is 64.7 Å². The Kier molecular flexibility index (Phi) is 5.88. The lowest BCUT2D eigenvalue weighted by Gasteiger charge is -2.07. The second-order valence-corrected chi connectivity index (χ2v) is 9.52. The highest BCUT2D eigenvalue weighted by Crippen LogP contribution is 2.34. The van der Waals surface area contributed by atoms with E-state index in [2.05, 4.69) is 85.1 Å². The third-order valence-corrected chi connectivity index (χ3v) is 6.91. The quantitative estimate of drug-likeness (QED) is 0.228. The Morgan fingerprint density at radius 2 is 1.56 bits per heavy atom. The minimum Gasteiger partial charge on any atom is -0.353 e. The van der Waals surface area contributed by atoms with E-state index in [-0.39, 0.29) is 0 Å². The van der Waals surface area contributed by atoms with Crippen molar-refractivity contribution in [1.82, 2.24) is 35.5 Å². The van der Waals surface area contributed by atoms with Crippen LogP contribution < -0.4 is 5.32 Å². The van der Waals surface area contributed by atoms with Gasteiger partial charge in [-0.3, -0.25) is 15.1 Å². The lowest BCUT2D eigenvalue weighted by atomic mass is 10.0. The molecule has 0 saturated carbocycles. The molecule has 0 atom stereocenters. The number of aromatic nitrogens is 6. The summed E-state index contributed by atoms with van der Waals surface area (Å²) in [6.45, 7) is 1.53. The molecule has 7 rings (SSSR count). The van der Waals surface area contributed by atoms with Crippen LogP contribution >= 0.6 is 0 Å². The van der Waals surface area contributed by atoms with Gasteiger partial charge in [0.1, 0.15) is 11.2 Å². The van der Waals surface area contributed by atoms with Crippen LogP contribution in [0.25, 0.3) is 55.7 Å². The summed E-state index contributed by atoms with van der Waals surface area (Å²) in [5.41, 5.74) is 10.9. The fourth-order valence-corrected chi connectivity index (χ4v) is 4.98. The molecule has 0 spiro atoms. The predicted octanol–water partition coefficient (Wildman–Crippen LogP) is 6.52. The molecule has 0 aliphatic heterocycles. The highest BCUT2D eigenvalue weighted by atomic mass is 15.1. The summed E-state index contributed by atoms with van der Waals surface area (Å²) in [6, 6.07) is 29.0. The van der Waals surface area contributed by atoms with E-state index in [0.29, 0.717) is 0 Å². The van der Waals surface area contributed by atoms with Crippen molar-refractivity contribution in [3.05, 3.63) is 121 Å². The molecular weight excluding hydrogens is 482 g/mol. The van der Waals surface area contributed by atoms with Gasteiger partial charge in [-0.1, -0.05) is 42.5 Å². The Labute approximate surface area is 225 Å². The molecule has 0 fully saturated rings. The first kappa shape index (κ1) is 23.0. The number of benzene rings is 2. The lowest BCUT2D eigenvalue weighted by molar-refractivity contribution is 0.691. The van der Waals surface area contributed by atoms with Gasteiger partial charge >= 0.3 is 0 Å². The Hall–Kier alpha value is -5.14. The molecule has 7 nitrogen and oxygen atoms in total. The standard InChI is InChI=1S/C32H25N7/c1-2-5-21(6-3-1)17-34-18-22-15-24(20-35-19-22)27-9-10-29-31(37-27)32(39-38-29)30-16-26-25(7-4-8-28(26)36-30)23-11-13-33-14-12-23/h1-16,19-20,34,36H,17-18H2,(H,38,39). The molecular formula is C32H25N7. The minimum absolute atomic E-state index is 0.726. The van der Waals surface area contributed by atoms with Gasteiger partial charge in [-0.25, -0.2) is 4.98 Å². The summed E-state index contributed by atoms with van der Waals surface area (Å²) >= 11 is 0. The van der Waals surface area contributed by atoms with Crippen LogP contribution in [0.1, 0.15) is 11.1 Å². The molecule has 188 valence electrons. The molecule has 0 aliphatic rings. The van der Waals surface area contributed by atoms with Gasteiger partial charge in [-0.15, -0.1) is 0 Å². The van der Waals surface area contributed by atoms with Crippen LogP contribution in [0, 0.1) is 0 Å². The van der Waals surface area contributed by atoms with Gasteiger partial charge in [0.25, 0.3) is 0 Å². The molecule has 5 aromatic heterocycles. The Morgan fingerprint density at radius 1 is 0.692 bits per heavy atom. The van der Waals surface area contributed by atoms with Crippen molar-refractivity contribution < 1.29 is 0 Å². The van der Waals surface area contributed by atoms with Gasteiger partial charge in [-0.2, -0.15) is 5.10 Å². The lowest BCUT2D eigenvalue weighted by Crippen LogP contribution is -2.12. The maximum Gasteiger partial charge on any atom is 0.135 e. The molecule has 0 aliphatic carbocycles. The summed E-state index contributed by atoms with van der Waals surface area (Å²) in [6.07, 6.45) is 7.39. The van der Waals surface area contributed by atoms with E-state index in [0.717, 1.165) is 74.4 Å². The minimum atomic E-state index is 0.726. The van der Waals surface area contributed by atoms with Crippen LogP contribution in [-0.2, 0) is 13.1 Å². The van der Waals surface area contributed by atoms with E-state index < -0.39 is 0 Å². The molecule has 7 aromatic rings. The number of nitrogens with one attached hydrogen (secondary N) is 3. The van der Waals surface area contributed by atoms with Crippen LogP contribution in [0.15, 0.2) is 110 Å². The summed E-state index contributed by atoms with van der Waals surface area (Å²) in [5, 5.41) is 12.4. The fraction of sp³-hybridized carbons (Fsp3) is 0.0625. The first-order valence-electron chi connectivity index (χ1n) is 12.9. The zero-order valence-corrected chi connectivity index (χ0v) is 21.1. The largest absolute Gasteiger partial charge is 0.353 e. The predicted molar refractivity (Wildman–Crippen MR) is 155 cm³/mol. The number of nitrogens with zero attached hydrogens (tertiary/aromatic N) is 4. The highest BCUT2D eigenvalue weighted by Gasteiger charge is 2.15. The SMILES string of the molecule is c1ccc(CNCc2cncc(-c3ccc4[nH]nc(-c5cc6c(-c7ccncc7)cccc6[nH]5)c4n3)c2)cc1. The van der Waals surface area contributed by atoms with Crippen LogP contribution in [0.3, 0.4) is 0 Å². The number of aromatic amines is 2. The molecule has 5 heterocycles. The summed E-state index contributed by atoms with van der Waals surface area (Å²) < 4.78 is 0. The van der Waals surface area contributed by atoms with Gasteiger partial charge in [0.2, 0.25) is 0 Å². The highest BCUT2D eigenvalue weighted by molar-refractivity contribution is 6.00. The number of hydrogen-bond donors (Lipinski definition) is 3. The Bertz CT molecular complexity index is 1890. The van der Waals surface area contributed by atoms with Crippen LogP contribution in [0.5, 0.6) is 0 Å². The second kappa shape index (κ2) is 9.96. The van der Waals surface area contributed by atoms with Crippen molar-refractivity contribution in [3.8, 4) is 33.8 Å². The molecule has 7 heteroatoms. The molecule has 0 amide bonds. The third kappa shape index (κ3) is 4.56. The average Bonchev–Trinajstić information content (AvgIpc) is 3.62. The maximum absolute atomic E-state index is 5.02. The van der Waals surface area contributed by atoms with Crippen molar-refractivity contribution in [3.63, 3.8) is 0 Å². The van der Waals surface area contributed by atoms with Gasteiger partial charge in [0.05, 0.1) is 16.9 Å². The van der Waals surface area contributed by atoms with Gasteiger partial charge in [0, 0.05) is 54.3 Å². The van der Waals surface area contributed by atoms with Crippen molar-refractivity contribution >= 4 is 21.9 Å². The number of H-pyrrole nitrogens is 2. The summed E-state index contributed by atoms with van der Waals surface area (Å²) in [5.74, 6) is 0. The molecule has 0 unspecified atom stereocenters. The Morgan fingerprint density at radius 3 is 2.46 bits per heavy atom. The normalized spacial score (nSPS) is 11.4. The monoisotopic (exact) mass is 507 g/mol. The fourth-order valence-electron chi connectivity index (χ4n) is 4.98. The van der Waals surface area contributed by atoms with E-state index in [1.54, 1.807) is 0 Å². The molecule has 39 heavy (non-hydrogen) atoms. The van der Waals surface area contributed by atoms with Crippen LogP contribution in [0.4, 0.5) is 0 Å². The number of rotatable bonds is 7. The Balaban J connectivity index is 1.20. The van der Waals surface area contributed by atoms with Crippen molar-refractivity contribution in [2.24, 2.45) is 0 Å². The number of fused-ring (bicyclic) bond motifs is 2. The second-order valence-electron chi connectivity index (χ2n) is 9.52. The third-order valence-electron chi connectivity index (χ3n) is 6.91. The summed E-state index contributed by atoms with van der Waals surface area (Å²) in [7, 11) is 0. The van der Waals surface area contributed by atoms with Crippen molar-refractivity contribution in [1.29, 1.82) is 0 Å². The average molecular weight is 508 g/mol. The molecule has 0 radical (unpaired) electrons. The molecule has 0 saturated heterocycles. The number of hydrogen-bond acceptors (Lipinski definition) is 5. The number of pyridine rings is 3. The molecule has 3 N–H and O–H groups in total. The van der Waals surface area contributed by atoms with E-state index in [4.69, 9.17) is 4.98 Å². The van der Waals surface area contributed by atoms with E-state index in [9.17, 15) is 0 Å². The van der Waals surface area contributed by atoms with Gasteiger partial charge in [0.15, 0.2) is 0 Å². The zero-order valence-electron chi connectivity index (χ0n) is 21.1. The maximum atomic E-state index is 5.02. The smallest absolute Gasteiger partial charge is 0.135 e. The van der Waals surface area contributed by atoms with Crippen molar-refractivity contribution in [2.45, 2.75) is 13.1 Å². The molecule has 0 bridgehead atoms. The zero-order chi connectivity index (χ0) is 26.0. The van der Waals surface area contributed by atoms with Crippen LogP contribution in [-0.4, -0.2) is 30.1 Å². The van der Waals surface area contributed by atoms with E-state index in [1.165, 1.54) is 5.56 Å². The van der Waals surface area contributed by atoms with Gasteiger partial charge < -0.3 is 10.3 Å². The topological polar surface area (TPSA) is 95.2 Å². The van der Waals surface area contributed by atoms with Crippen LogP contribution in [0.2, 0.25) is 0 Å². The van der Waals surface area contributed by atoms with Crippen molar-refractivity contribution in [2.75, 3.05) is 0 Å². The molecule has 2 aromatic carbocycles. The van der Waals surface area contributed by atoms with E-state index >= 15 is 0 Å². The summed E-state index contributed by atoms with van der Waals surface area (Å²) in [4.78, 5) is 17.2. The van der Waals surface area contributed by atoms with E-state index in [1.807, 2.05) is 55.1 Å².